The highest BCUT2D eigenvalue weighted by atomic mass is 19.4. The number of nitrogens with one attached hydrogen (secondary N) is 1. The van der Waals surface area contributed by atoms with Crippen LogP contribution in [0.15, 0.2) is 48.5 Å². The van der Waals surface area contributed by atoms with E-state index in [1.54, 1.807) is 12.1 Å². The van der Waals surface area contributed by atoms with E-state index in [1.807, 2.05) is 31.2 Å². The molecule has 20 heavy (non-hydrogen) atoms. The molecule has 0 aliphatic heterocycles. The lowest BCUT2D eigenvalue weighted by Crippen LogP contribution is -2.18. The van der Waals surface area contributed by atoms with Crippen molar-refractivity contribution in [2.45, 2.75) is 19.8 Å². The molecule has 2 rings (SSSR count). The molecule has 1 N–H and O–H groups in total. The van der Waals surface area contributed by atoms with Crippen molar-refractivity contribution in [3.8, 4) is 5.75 Å². The summed E-state index contributed by atoms with van der Waals surface area (Å²) in [6.45, 7) is 2.39. The van der Waals surface area contributed by atoms with Gasteiger partial charge in [0.1, 0.15) is 0 Å². The summed E-state index contributed by atoms with van der Waals surface area (Å²) in [6.07, 6.45) is -4.69. The number of para-hydroxylation sites is 2. The summed E-state index contributed by atoms with van der Waals surface area (Å²) in [5.41, 5.74) is 2.41. The van der Waals surface area contributed by atoms with Gasteiger partial charge in [-0.25, -0.2) is 0 Å². The maximum Gasteiger partial charge on any atom is 0.573 e. The molecule has 0 atom stereocenters. The lowest BCUT2D eigenvalue weighted by molar-refractivity contribution is -0.274. The topological polar surface area (TPSA) is 21.3 Å². The molecule has 106 valence electrons. The first-order chi connectivity index (χ1) is 9.46. The molecular formula is C15H14F3NO. The Morgan fingerprint density at radius 1 is 1.00 bits per heavy atom. The zero-order chi connectivity index (χ0) is 14.6. The third-order valence-corrected chi connectivity index (χ3v) is 2.84. The van der Waals surface area contributed by atoms with E-state index in [-0.39, 0.29) is 5.75 Å². The highest BCUT2D eigenvalue weighted by Gasteiger charge is 2.32. The van der Waals surface area contributed by atoms with Gasteiger partial charge in [-0.05, 0) is 30.2 Å². The van der Waals surface area contributed by atoms with Crippen LogP contribution in [0.3, 0.4) is 0 Å². The van der Waals surface area contributed by atoms with Crippen LogP contribution < -0.4 is 10.1 Å². The lowest BCUT2D eigenvalue weighted by Gasteiger charge is -2.15. The summed E-state index contributed by atoms with van der Waals surface area (Å²) in [7, 11) is 0. The minimum Gasteiger partial charge on any atom is -0.404 e. The van der Waals surface area contributed by atoms with E-state index in [0.717, 1.165) is 11.1 Å². The standard InChI is InChI=1S/C15H14F3NO/c1-11-6-2-3-7-12(11)10-19-13-8-4-5-9-14(13)20-15(16,17)18/h2-9,19H,10H2,1H3. The number of anilines is 1. The van der Waals surface area contributed by atoms with Crippen molar-refractivity contribution in [3.05, 3.63) is 59.7 Å². The molecule has 0 radical (unpaired) electrons. The van der Waals surface area contributed by atoms with Crippen molar-refractivity contribution in [3.63, 3.8) is 0 Å². The second-order valence-corrected chi connectivity index (χ2v) is 4.32. The molecule has 0 amide bonds. The number of hydrogen-bond acceptors (Lipinski definition) is 2. The van der Waals surface area contributed by atoms with Gasteiger partial charge in [0, 0.05) is 6.54 Å². The minimum atomic E-state index is -4.69. The van der Waals surface area contributed by atoms with Crippen LogP contribution in [0.2, 0.25) is 0 Å². The Morgan fingerprint density at radius 3 is 2.35 bits per heavy atom. The molecule has 0 aliphatic rings. The first-order valence-corrected chi connectivity index (χ1v) is 6.09. The number of alkyl halides is 3. The number of ether oxygens (including phenoxy) is 1. The number of halogens is 3. The van der Waals surface area contributed by atoms with Gasteiger partial charge in [-0.1, -0.05) is 36.4 Å². The SMILES string of the molecule is Cc1ccccc1CNc1ccccc1OC(F)(F)F. The molecule has 2 aromatic rings. The van der Waals surface area contributed by atoms with Crippen LogP contribution in [0.1, 0.15) is 11.1 Å². The van der Waals surface area contributed by atoms with Gasteiger partial charge in [0.2, 0.25) is 0 Å². The first kappa shape index (κ1) is 14.2. The molecule has 0 unspecified atom stereocenters. The molecule has 0 spiro atoms. The molecule has 0 heterocycles. The number of rotatable bonds is 4. The Balaban J connectivity index is 2.12. The Labute approximate surface area is 115 Å². The average Bonchev–Trinajstić information content (AvgIpc) is 2.37. The summed E-state index contributed by atoms with van der Waals surface area (Å²) in [5.74, 6) is -0.228. The van der Waals surface area contributed by atoms with Gasteiger partial charge in [0.15, 0.2) is 5.75 Å². The van der Waals surface area contributed by atoms with Crippen LogP contribution in [0.4, 0.5) is 18.9 Å². The van der Waals surface area contributed by atoms with E-state index in [0.29, 0.717) is 12.2 Å². The van der Waals surface area contributed by atoms with E-state index in [1.165, 1.54) is 12.1 Å². The fraction of sp³-hybridized carbons (Fsp3) is 0.200. The third kappa shape index (κ3) is 3.91. The van der Waals surface area contributed by atoms with Crippen molar-refractivity contribution in [2.75, 3.05) is 5.32 Å². The van der Waals surface area contributed by atoms with Gasteiger partial charge in [-0.3, -0.25) is 0 Å². The molecule has 2 nitrogen and oxygen atoms in total. The summed E-state index contributed by atoms with van der Waals surface area (Å²) >= 11 is 0. The van der Waals surface area contributed by atoms with E-state index in [2.05, 4.69) is 10.1 Å². The lowest BCUT2D eigenvalue weighted by atomic mass is 10.1. The van der Waals surface area contributed by atoms with Crippen molar-refractivity contribution < 1.29 is 17.9 Å². The molecule has 2 aromatic carbocycles. The van der Waals surface area contributed by atoms with Crippen molar-refractivity contribution in [1.82, 2.24) is 0 Å². The number of aryl methyl sites for hydroxylation is 1. The first-order valence-electron chi connectivity index (χ1n) is 6.09. The Hall–Kier alpha value is -2.17. The summed E-state index contributed by atoms with van der Waals surface area (Å²) in [6, 6.07) is 13.7. The predicted molar refractivity (Wildman–Crippen MR) is 71.6 cm³/mol. The minimum absolute atomic E-state index is 0.228. The van der Waals surface area contributed by atoms with Crippen LogP contribution in [0, 0.1) is 6.92 Å². The van der Waals surface area contributed by atoms with E-state index in [9.17, 15) is 13.2 Å². The highest BCUT2D eigenvalue weighted by Crippen LogP contribution is 2.30. The normalized spacial score (nSPS) is 11.2. The fourth-order valence-corrected chi connectivity index (χ4v) is 1.83. The van der Waals surface area contributed by atoms with Crippen molar-refractivity contribution >= 4 is 5.69 Å². The molecular weight excluding hydrogens is 267 g/mol. The van der Waals surface area contributed by atoms with Gasteiger partial charge in [-0.2, -0.15) is 0 Å². The van der Waals surface area contributed by atoms with Crippen LogP contribution >= 0.6 is 0 Å². The second kappa shape index (κ2) is 5.86. The van der Waals surface area contributed by atoms with Crippen LogP contribution in [0.25, 0.3) is 0 Å². The Kier molecular flexibility index (Phi) is 4.17. The second-order valence-electron chi connectivity index (χ2n) is 4.32. The summed E-state index contributed by atoms with van der Waals surface area (Å²) in [4.78, 5) is 0. The monoisotopic (exact) mass is 281 g/mol. The maximum atomic E-state index is 12.3. The van der Waals surface area contributed by atoms with Crippen molar-refractivity contribution in [1.29, 1.82) is 0 Å². The quantitative estimate of drug-likeness (QED) is 0.890. The van der Waals surface area contributed by atoms with Gasteiger partial charge in [0.25, 0.3) is 0 Å². The molecule has 0 aromatic heterocycles. The molecule has 0 saturated heterocycles. The van der Waals surface area contributed by atoms with Gasteiger partial charge < -0.3 is 10.1 Å². The van der Waals surface area contributed by atoms with E-state index < -0.39 is 6.36 Å². The third-order valence-electron chi connectivity index (χ3n) is 2.84. The number of hydrogen-bond donors (Lipinski definition) is 1. The van der Waals surface area contributed by atoms with E-state index in [4.69, 9.17) is 0 Å². The predicted octanol–water partition coefficient (Wildman–Crippen LogP) is 4.51. The van der Waals surface area contributed by atoms with Gasteiger partial charge in [-0.15, -0.1) is 13.2 Å². The summed E-state index contributed by atoms with van der Waals surface area (Å²) in [5, 5.41) is 2.97. The highest BCUT2D eigenvalue weighted by molar-refractivity contribution is 5.56. The van der Waals surface area contributed by atoms with Gasteiger partial charge in [0.05, 0.1) is 5.69 Å². The smallest absolute Gasteiger partial charge is 0.404 e. The molecule has 0 fully saturated rings. The fourth-order valence-electron chi connectivity index (χ4n) is 1.83. The van der Waals surface area contributed by atoms with Crippen LogP contribution in [-0.2, 0) is 6.54 Å². The van der Waals surface area contributed by atoms with E-state index >= 15 is 0 Å². The number of benzene rings is 2. The van der Waals surface area contributed by atoms with Crippen molar-refractivity contribution in [2.24, 2.45) is 0 Å². The Bertz CT molecular complexity index is 581. The molecule has 0 bridgehead atoms. The van der Waals surface area contributed by atoms with Crippen LogP contribution in [-0.4, -0.2) is 6.36 Å². The zero-order valence-corrected chi connectivity index (χ0v) is 10.9. The maximum absolute atomic E-state index is 12.3. The average molecular weight is 281 g/mol. The molecule has 0 saturated carbocycles. The zero-order valence-electron chi connectivity index (χ0n) is 10.9. The summed E-state index contributed by atoms with van der Waals surface area (Å²) < 4.78 is 40.9. The largest absolute Gasteiger partial charge is 0.573 e. The van der Waals surface area contributed by atoms with Gasteiger partial charge >= 0.3 is 6.36 Å². The molecule has 5 heteroatoms. The Morgan fingerprint density at radius 2 is 1.65 bits per heavy atom. The van der Waals surface area contributed by atoms with Crippen LogP contribution in [0.5, 0.6) is 5.75 Å². The molecule has 0 aliphatic carbocycles.